The van der Waals surface area contributed by atoms with E-state index in [9.17, 15) is 9.90 Å². The summed E-state index contributed by atoms with van der Waals surface area (Å²) in [6.45, 7) is 4.22. The number of thioether (sulfide) groups is 1. The Morgan fingerprint density at radius 1 is 1.03 bits per heavy atom. The van der Waals surface area contributed by atoms with E-state index in [1.54, 1.807) is 13.1 Å². The maximum absolute atomic E-state index is 12.7. The van der Waals surface area contributed by atoms with Crippen LogP contribution in [0.5, 0.6) is 0 Å². The molecule has 1 aliphatic heterocycles. The lowest BCUT2D eigenvalue weighted by atomic mass is 9.77. The van der Waals surface area contributed by atoms with Crippen LogP contribution in [0.3, 0.4) is 0 Å². The molecule has 2 unspecified atom stereocenters. The minimum Gasteiger partial charge on any atom is -0.376 e. The molecule has 2 atom stereocenters. The molecule has 172 valence electrons. The van der Waals surface area contributed by atoms with Gasteiger partial charge in [0.2, 0.25) is 0 Å². The number of rotatable bonds is 7. The number of nitrogens with one attached hydrogen (secondary N) is 2. The van der Waals surface area contributed by atoms with Gasteiger partial charge in [-0.25, -0.2) is 0 Å². The summed E-state index contributed by atoms with van der Waals surface area (Å²) < 4.78 is 0. The number of aryl methyl sites for hydroxylation is 1. The molecular weight excluding hydrogens is 428 g/mol. The highest BCUT2D eigenvalue weighted by atomic mass is 32.2. The van der Waals surface area contributed by atoms with E-state index in [2.05, 4.69) is 29.7 Å². The van der Waals surface area contributed by atoms with Crippen molar-refractivity contribution < 1.29 is 9.90 Å². The van der Waals surface area contributed by atoms with Crippen LogP contribution in [0.15, 0.2) is 72.8 Å². The van der Waals surface area contributed by atoms with Crippen LogP contribution in [0.4, 0.5) is 0 Å². The van der Waals surface area contributed by atoms with Crippen LogP contribution in [-0.4, -0.2) is 42.2 Å². The van der Waals surface area contributed by atoms with Crippen LogP contribution in [0.25, 0.3) is 0 Å². The SMILES string of the molecule is CCc1ccc(C(O)(c2ccc(CC3CNCCS3)cc2)c2ccccc2C(=O)NC)cc1. The lowest BCUT2D eigenvalue weighted by molar-refractivity contribution is 0.0940. The molecule has 4 rings (SSSR count). The molecule has 0 aromatic heterocycles. The molecule has 3 aromatic rings. The zero-order chi connectivity index (χ0) is 23.3. The minimum absolute atomic E-state index is 0.215. The first-order chi connectivity index (χ1) is 16.1. The number of amides is 1. The molecule has 33 heavy (non-hydrogen) atoms. The molecule has 0 radical (unpaired) electrons. The summed E-state index contributed by atoms with van der Waals surface area (Å²) in [7, 11) is 1.61. The van der Waals surface area contributed by atoms with Crippen LogP contribution in [-0.2, 0) is 18.4 Å². The molecule has 5 heteroatoms. The third kappa shape index (κ3) is 5.01. The van der Waals surface area contributed by atoms with Crippen LogP contribution >= 0.6 is 11.8 Å². The number of hydrogen-bond donors (Lipinski definition) is 3. The van der Waals surface area contributed by atoms with Gasteiger partial charge in [0.15, 0.2) is 0 Å². The summed E-state index contributed by atoms with van der Waals surface area (Å²) in [6, 6.07) is 23.6. The molecule has 0 spiro atoms. The Morgan fingerprint density at radius 2 is 1.67 bits per heavy atom. The first kappa shape index (κ1) is 23.6. The lowest BCUT2D eigenvalue weighted by Gasteiger charge is -2.32. The Bertz CT molecular complexity index is 1080. The van der Waals surface area contributed by atoms with Gasteiger partial charge in [-0.15, -0.1) is 0 Å². The van der Waals surface area contributed by atoms with E-state index < -0.39 is 5.60 Å². The van der Waals surface area contributed by atoms with Crippen molar-refractivity contribution in [3.63, 3.8) is 0 Å². The van der Waals surface area contributed by atoms with Gasteiger partial charge in [-0.05, 0) is 41.2 Å². The molecule has 4 nitrogen and oxygen atoms in total. The van der Waals surface area contributed by atoms with E-state index in [0.29, 0.717) is 16.4 Å². The number of benzene rings is 3. The fourth-order valence-electron chi connectivity index (χ4n) is 4.49. The Morgan fingerprint density at radius 3 is 2.24 bits per heavy atom. The summed E-state index contributed by atoms with van der Waals surface area (Å²) >= 11 is 2.02. The van der Waals surface area contributed by atoms with Crippen molar-refractivity contribution in [2.45, 2.75) is 30.6 Å². The van der Waals surface area contributed by atoms with Crippen molar-refractivity contribution in [1.29, 1.82) is 0 Å². The normalized spacial score (nSPS) is 17.8. The highest BCUT2D eigenvalue weighted by Crippen LogP contribution is 2.39. The van der Waals surface area contributed by atoms with E-state index in [4.69, 9.17) is 0 Å². The van der Waals surface area contributed by atoms with Crippen LogP contribution < -0.4 is 10.6 Å². The average Bonchev–Trinajstić information content (AvgIpc) is 2.89. The highest BCUT2D eigenvalue weighted by Gasteiger charge is 2.37. The van der Waals surface area contributed by atoms with Gasteiger partial charge in [-0.2, -0.15) is 11.8 Å². The van der Waals surface area contributed by atoms with E-state index in [-0.39, 0.29) is 5.91 Å². The van der Waals surface area contributed by atoms with Crippen molar-refractivity contribution in [1.82, 2.24) is 10.6 Å². The van der Waals surface area contributed by atoms with E-state index in [1.807, 2.05) is 66.4 Å². The molecule has 0 saturated carbocycles. The fourth-order valence-corrected chi connectivity index (χ4v) is 5.63. The summed E-state index contributed by atoms with van der Waals surface area (Å²) in [4.78, 5) is 12.7. The number of carbonyl (C=O) groups excluding carboxylic acids is 1. The predicted molar refractivity (Wildman–Crippen MR) is 137 cm³/mol. The second-order valence-corrected chi connectivity index (χ2v) is 9.89. The largest absolute Gasteiger partial charge is 0.376 e. The molecule has 1 fully saturated rings. The van der Waals surface area contributed by atoms with Crippen molar-refractivity contribution >= 4 is 17.7 Å². The van der Waals surface area contributed by atoms with Crippen molar-refractivity contribution in [3.8, 4) is 0 Å². The maximum Gasteiger partial charge on any atom is 0.251 e. The van der Waals surface area contributed by atoms with Crippen molar-refractivity contribution in [2.75, 3.05) is 25.9 Å². The second kappa shape index (κ2) is 10.6. The molecule has 1 saturated heterocycles. The minimum atomic E-state index is -1.45. The van der Waals surface area contributed by atoms with Gasteiger partial charge in [-0.1, -0.05) is 73.7 Å². The van der Waals surface area contributed by atoms with Crippen LogP contribution in [0, 0.1) is 0 Å². The summed E-state index contributed by atoms with van der Waals surface area (Å²) in [5, 5.41) is 19.1. The number of aliphatic hydroxyl groups is 1. The molecular formula is C28H32N2O2S. The van der Waals surface area contributed by atoms with Crippen molar-refractivity contribution in [2.24, 2.45) is 0 Å². The Balaban J connectivity index is 1.77. The van der Waals surface area contributed by atoms with E-state index >= 15 is 0 Å². The topological polar surface area (TPSA) is 61.4 Å². The molecule has 1 amide bonds. The molecule has 0 aliphatic carbocycles. The van der Waals surface area contributed by atoms with Crippen LogP contribution in [0.2, 0.25) is 0 Å². The van der Waals surface area contributed by atoms with Gasteiger partial charge >= 0.3 is 0 Å². The monoisotopic (exact) mass is 460 g/mol. The van der Waals surface area contributed by atoms with Gasteiger partial charge in [-0.3, -0.25) is 4.79 Å². The highest BCUT2D eigenvalue weighted by molar-refractivity contribution is 8.00. The summed E-state index contributed by atoms with van der Waals surface area (Å²) in [5.41, 5.74) is 3.55. The Kier molecular flexibility index (Phi) is 7.53. The average molecular weight is 461 g/mol. The van der Waals surface area contributed by atoms with Gasteiger partial charge in [0.05, 0.1) is 0 Å². The van der Waals surface area contributed by atoms with Crippen molar-refractivity contribution in [3.05, 3.63) is 106 Å². The van der Waals surface area contributed by atoms with Crippen LogP contribution in [0.1, 0.15) is 45.1 Å². The van der Waals surface area contributed by atoms with Gasteiger partial charge in [0.1, 0.15) is 5.60 Å². The predicted octanol–water partition coefficient (Wildman–Crippen LogP) is 4.14. The summed E-state index contributed by atoms with van der Waals surface area (Å²) in [6.07, 6.45) is 1.92. The molecule has 1 aliphatic rings. The van der Waals surface area contributed by atoms with E-state index in [0.717, 1.165) is 42.8 Å². The van der Waals surface area contributed by atoms with Gasteiger partial charge in [0.25, 0.3) is 5.91 Å². The zero-order valence-electron chi connectivity index (χ0n) is 19.3. The van der Waals surface area contributed by atoms with E-state index in [1.165, 1.54) is 11.1 Å². The smallest absolute Gasteiger partial charge is 0.251 e. The Labute approximate surface area is 200 Å². The number of hydrogen-bond acceptors (Lipinski definition) is 4. The maximum atomic E-state index is 12.7. The van der Waals surface area contributed by atoms with Gasteiger partial charge in [0, 0.05) is 42.3 Å². The quantitative estimate of drug-likeness (QED) is 0.464. The standard InChI is InChI=1S/C28H32N2O2S/c1-3-20-8-12-22(13-9-20)28(32,26-7-5-4-6-25(26)27(31)29-2)23-14-10-21(11-15-23)18-24-19-30-16-17-33-24/h4-15,24,30,32H,3,16-19H2,1-2H3,(H,29,31). The molecule has 0 bridgehead atoms. The molecule has 1 heterocycles. The summed E-state index contributed by atoms with van der Waals surface area (Å²) in [5.74, 6) is 0.930. The third-order valence-corrected chi connectivity index (χ3v) is 7.65. The first-order valence-corrected chi connectivity index (χ1v) is 12.7. The lowest BCUT2D eigenvalue weighted by Crippen LogP contribution is -2.34. The molecule has 3 N–H and O–H groups in total. The second-order valence-electron chi connectivity index (χ2n) is 8.48. The fraction of sp³-hybridized carbons (Fsp3) is 0.321. The third-order valence-electron chi connectivity index (χ3n) is 6.41. The zero-order valence-corrected chi connectivity index (χ0v) is 20.1. The number of carbonyl (C=O) groups is 1. The Hall–Kier alpha value is -2.60. The molecule has 3 aromatic carbocycles. The first-order valence-electron chi connectivity index (χ1n) is 11.6. The van der Waals surface area contributed by atoms with Gasteiger partial charge < -0.3 is 15.7 Å².